The Balaban J connectivity index is 2.15. The quantitative estimate of drug-likeness (QED) is 0.214. The maximum atomic E-state index is 14.1. The summed E-state index contributed by atoms with van der Waals surface area (Å²) in [4.78, 5) is 4.71. The van der Waals surface area contributed by atoms with Crippen molar-refractivity contribution in [2.75, 3.05) is 0 Å². The van der Waals surface area contributed by atoms with E-state index >= 15 is 0 Å². The minimum Gasteiger partial charge on any atom is -0.301 e. The summed E-state index contributed by atoms with van der Waals surface area (Å²) < 4.78 is 18.4. The van der Waals surface area contributed by atoms with Gasteiger partial charge < -0.3 is 4.40 Å². The van der Waals surface area contributed by atoms with Crippen LogP contribution in [-0.2, 0) is 7.05 Å². The van der Waals surface area contributed by atoms with Crippen LogP contribution in [0.3, 0.4) is 0 Å². The van der Waals surface area contributed by atoms with E-state index in [9.17, 15) is 4.39 Å². The molecule has 0 amide bonds. The van der Waals surface area contributed by atoms with Gasteiger partial charge in [0.05, 0.1) is 23.5 Å². The van der Waals surface area contributed by atoms with Gasteiger partial charge >= 0.3 is 0 Å². The molecular formula is C23H17FN3+. The number of halogens is 1. The average Bonchev–Trinajstić information content (AvgIpc) is 2.97. The Morgan fingerprint density at radius 1 is 1.00 bits per heavy atom. The molecule has 0 aliphatic rings. The van der Waals surface area contributed by atoms with Crippen molar-refractivity contribution in [3.8, 4) is 0 Å². The molecule has 0 atom stereocenters. The van der Waals surface area contributed by atoms with Gasteiger partial charge in [-0.05, 0) is 59.6 Å². The van der Waals surface area contributed by atoms with E-state index in [1.54, 1.807) is 6.07 Å². The first-order chi connectivity index (χ1) is 13.1. The van der Waals surface area contributed by atoms with Gasteiger partial charge in [0.15, 0.2) is 5.52 Å². The van der Waals surface area contributed by atoms with Gasteiger partial charge in [-0.2, -0.15) is 0 Å². The van der Waals surface area contributed by atoms with Gasteiger partial charge in [0.25, 0.3) is 6.33 Å². The van der Waals surface area contributed by atoms with Crippen molar-refractivity contribution in [1.82, 2.24) is 9.38 Å². The van der Waals surface area contributed by atoms with Crippen LogP contribution in [0.2, 0.25) is 0 Å². The SMILES string of the molecule is Cc1cc2cccc3c2c(c1C)c1c2c(nc[n+]1C)c1ccc(F)cc1n32. The van der Waals surface area contributed by atoms with Crippen LogP contribution < -0.4 is 4.57 Å². The number of hydrogen-bond donors (Lipinski definition) is 0. The second-order valence-corrected chi connectivity index (χ2v) is 7.47. The topological polar surface area (TPSA) is 21.2 Å². The highest BCUT2D eigenvalue weighted by Gasteiger charge is 2.25. The highest BCUT2D eigenvalue weighted by atomic mass is 19.1. The summed E-state index contributed by atoms with van der Waals surface area (Å²) in [5, 5.41) is 4.66. The fourth-order valence-electron chi connectivity index (χ4n) is 4.67. The number of aromatic nitrogens is 3. The normalized spacial score (nSPS) is 12.4. The molecule has 6 aromatic rings. The molecule has 0 N–H and O–H groups in total. The smallest absolute Gasteiger partial charge is 0.287 e. The molecule has 0 spiro atoms. The predicted octanol–water partition coefficient (Wildman–Crippen LogP) is 4.97. The first kappa shape index (κ1) is 14.9. The van der Waals surface area contributed by atoms with E-state index < -0.39 is 0 Å². The van der Waals surface area contributed by atoms with Crippen molar-refractivity contribution in [3.05, 3.63) is 65.7 Å². The van der Waals surface area contributed by atoms with Gasteiger partial charge in [0.1, 0.15) is 11.3 Å². The van der Waals surface area contributed by atoms with E-state index in [4.69, 9.17) is 4.98 Å². The fourth-order valence-corrected chi connectivity index (χ4v) is 4.67. The van der Waals surface area contributed by atoms with E-state index in [-0.39, 0.29) is 5.82 Å². The summed E-state index contributed by atoms with van der Waals surface area (Å²) in [6, 6.07) is 13.6. The van der Waals surface area contributed by atoms with Crippen LogP contribution in [0, 0.1) is 19.7 Å². The zero-order chi connectivity index (χ0) is 18.4. The van der Waals surface area contributed by atoms with Crippen LogP contribution in [0.4, 0.5) is 4.39 Å². The first-order valence-electron chi connectivity index (χ1n) is 9.08. The Labute approximate surface area is 154 Å². The van der Waals surface area contributed by atoms with E-state index in [0.717, 1.165) is 33.0 Å². The molecule has 27 heavy (non-hydrogen) atoms. The highest BCUT2D eigenvalue weighted by Crippen LogP contribution is 2.40. The summed E-state index contributed by atoms with van der Waals surface area (Å²) in [5.74, 6) is -0.231. The zero-order valence-electron chi connectivity index (χ0n) is 15.3. The number of fused-ring (bicyclic) bond motifs is 5. The van der Waals surface area contributed by atoms with Gasteiger partial charge in [-0.25, -0.2) is 8.96 Å². The number of nitrogens with zero attached hydrogens (tertiary/aromatic N) is 3. The van der Waals surface area contributed by atoms with E-state index in [0.29, 0.717) is 0 Å². The molecule has 3 aromatic heterocycles. The number of aryl methyl sites for hydroxylation is 3. The summed E-state index contributed by atoms with van der Waals surface area (Å²) in [7, 11) is 2.03. The molecule has 0 aliphatic carbocycles. The predicted molar refractivity (Wildman–Crippen MR) is 107 cm³/mol. The van der Waals surface area contributed by atoms with Crippen molar-refractivity contribution in [2.24, 2.45) is 7.05 Å². The average molecular weight is 354 g/mol. The van der Waals surface area contributed by atoms with Crippen molar-refractivity contribution < 1.29 is 8.96 Å². The summed E-state index contributed by atoms with van der Waals surface area (Å²) in [6.45, 7) is 4.35. The highest BCUT2D eigenvalue weighted by molar-refractivity contribution is 6.25. The Kier molecular flexibility index (Phi) is 2.59. The first-order valence-corrected chi connectivity index (χ1v) is 9.08. The zero-order valence-corrected chi connectivity index (χ0v) is 15.3. The van der Waals surface area contributed by atoms with Crippen LogP contribution in [0.15, 0.2) is 48.8 Å². The molecule has 0 bridgehead atoms. The van der Waals surface area contributed by atoms with E-state index in [1.165, 1.54) is 33.4 Å². The Hall–Kier alpha value is -3.27. The van der Waals surface area contributed by atoms with Gasteiger partial charge in [0.2, 0.25) is 5.52 Å². The number of rotatable bonds is 0. The lowest BCUT2D eigenvalue weighted by atomic mass is 9.95. The largest absolute Gasteiger partial charge is 0.301 e. The standard InChI is InChI=1S/C23H17FN3/c1-12-9-14-5-4-6-17-20(14)19(13(12)2)22-23-21(25-11-26(22)3)16-8-7-15(24)10-18(16)27(17)23/h4-11H,1-3H3/q+1. The van der Waals surface area contributed by atoms with Crippen LogP contribution in [0.1, 0.15) is 11.1 Å². The third-order valence-corrected chi connectivity index (χ3v) is 5.98. The number of benzene rings is 3. The molecule has 3 nitrogen and oxygen atoms in total. The van der Waals surface area contributed by atoms with Gasteiger partial charge in [-0.15, -0.1) is 0 Å². The van der Waals surface area contributed by atoms with Crippen LogP contribution in [0.25, 0.3) is 49.1 Å². The van der Waals surface area contributed by atoms with Crippen LogP contribution in [-0.4, -0.2) is 9.38 Å². The molecular weight excluding hydrogens is 337 g/mol. The molecule has 0 saturated heterocycles. The Bertz CT molecular complexity index is 1560. The molecule has 0 radical (unpaired) electrons. The Morgan fingerprint density at radius 2 is 1.85 bits per heavy atom. The summed E-state index contributed by atoms with van der Waals surface area (Å²) in [5.41, 5.74) is 7.62. The van der Waals surface area contributed by atoms with Crippen molar-refractivity contribution in [1.29, 1.82) is 0 Å². The molecule has 0 aliphatic heterocycles. The third kappa shape index (κ3) is 1.66. The van der Waals surface area contributed by atoms with E-state index in [2.05, 4.69) is 47.1 Å². The molecule has 4 heteroatoms. The molecule has 0 unspecified atom stereocenters. The number of hydrogen-bond acceptors (Lipinski definition) is 1. The molecule has 3 aromatic carbocycles. The second-order valence-electron chi connectivity index (χ2n) is 7.47. The van der Waals surface area contributed by atoms with Gasteiger partial charge in [-0.1, -0.05) is 18.2 Å². The minimum absolute atomic E-state index is 0.231. The third-order valence-electron chi connectivity index (χ3n) is 5.98. The lowest BCUT2D eigenvalue weighted by Gasteiger charge is -2.15. The van der Waals surface area contributed by atoms with Gasteiger partial charge in [-0.3, -0.25) is 0 Å². The summed E-state index contributed by atoms with van der Waals surface area (Å²) in [6.07, 6.45) is 1.87. The van der Waals surface area contributed by atoms with E-state index in [1.807, 2.05) is 19.4 Å². The lowest BCUT2D eigenvalue weighted by Crippen LogP contribution is -2.30. The van der Waals surface area contributed by atoms with Gasteiger partial charge in [0, 0.05) is 10.8 Å². The van der Waals surface area contributed by atoms with Crippen molar-refractivity contribution >= 4 is 49.1 Å². The minimum atomic E-state index is -0.231. The molecule has 3 heterocycles. The molecule has 6 rings (SSSR count). The molecule has 0 fully saturated rings. The molecule has 0 saturated carbocycles. The van der Waals surface area contributed by atoms with Crippen molar-refractivity contribution in [3.63, 3.8) is 0 Å². The fraction of sp³-hybridized carbons (Fsp3) is 0.130. The lowest BCUT2D eigenvalue weighted by molar-refractivity contribution is -0.647. The monoisotopic (exact) mass is 354 g/mol. The molecule has 130 valence electrons. The number of pyridine rings is 1. The van der Waals surface area contributed by atoms with Crippen LogP contribution in [0.5, 0.6) is 0 Å². The maximum Gasteiger partial charge on any atom is 0.287 e. The van der Waals surface area contributed by atoms with Crippen LogP contribution >= 0.6 is 0 Å². The maximum absolute atomic E-state index is 14.1. The van der Waals surface area contributed by atoms with Crippen molar-refractivity contribution in [2.45, 2.75) is 13.8 Å². The summed E-state index contributed by atoms with van der Waals surface area (Å²) >= 11 is 0. The Morgan fingerprint density at radius 3 is 2.70 bits per heavy atom. The second kappa shape index (κ2) is 4.71.